The highest BCUT2D eigenvalue weighted by atomic mass is 19.1. The highest BCUT2D eigenvalue weighted by Crippen LogP contribution is 2.39. The molecule has 1 aliphatic heterocycles. The third kappa shape index (κ3) is 2.85. The summed E-state index contributed by atoms with van der Waals surface area (Å²) in [5.74, 6) is -2.81. The Hall–Kier alpha value is -1.90. The van der Waals surface area contributed by atoms with Crippen molar-refractivity contribution in [1.82, 2.24) is 14.8 Å². The highest BCUT2D eigenvalue weighted by Gasteiger charge is 2.44. The van der Waals surface area contributed by atoms with E-state index >= 15 is 0 Å². The van der Waals surface area contributed by atoms with E-state index in [1.165, 1.54) is 18.7 Å². The third-order valence-corrected chi connectivity index (χ3v) is 3.54. The van der Waals surface area contributed by atoms with Gasteiger partial charge in [-0.25, -0.2) is 13.8 Å². The van der Waals surface area contributed by atoms with Crippen molar-refractivity contribution in [3.8, 4) is 0 Å². The fourth-order valence-corrected chi connectivity index (χ4v) is 2.47. The van der Waals surface area contributed by atoms with Crippen LogP contribution >= 0.6 is 0 Å². The van der Waals surface area contributed by atoms with Crippen LogP contribution in [0.15, 0.2) is 30.9 Å². The normalized spacial score (nSPS) is 24.8. The van der Waals surface area contributed by atoms with Crippen LogP contribution in [-0.4, -0.2) is 39.2 Å². The number of hydrogen-bond acceptors (Lipinski definition) is 5. The summed E-state index contributed by atoms with van der Waals surface area (Å²) in [6.45, 7) is 0.257. The van der Waals surface area contributed by atoms with Crippen molar-refractivity contribution in [3.05, 3.63) is 48.1 Å². The van der Waals surface area contributed by atoms with Crippen molar-refractivity contribution in [3.63, 3.8) is 0 Å². The van der Waals surface area contributed by atoms with E-state index in [4.69, 9.17) is 9.47 Å². The van der Waals surface area contributed by atoms with Gasteiger partial charge in [0.15, 0.2) is 5.79 Å². The van der Waals surface area contributed by atoms with Crippen molar-refractivity contribution < 1.29 is 23.4 Å². The Morgan fingerprint density at radius 3 is 2.91 bits per heavy atom. The molecule has 1 N–H and O–H groups in total. The molecular formula is C14H15F2N3O3. The molecule has 8 heteroatoms. The molecule has 22 heavy (non-hydrogen) atoms. The summed E-state index contributed by atoms with van der Waals surface area (Å²) in [4.78, 5) is 3.83. The average Bonchev–Trinajstić information content (AvgIpc) is 3.15. The van der Waals surface area contributed by atoms with Gasteiger partial charge in [-0.2, -0.15) is 5.10 Å². The summed E-state index contributed by atoms with van der Waals surface area (Å²) >= 11 is 0. The quantitative estimate of drug-likeness (QED) is 0.899. The van der Waals surface area contributed by atoms with E-state index in [9.17, 15) is 13.9 Å². The molecule has 0 saturated carbocycles. The van der Waals surface area contributed by atoms with Gasteiger partial charge in [0.2, 0.25) is 0 Å². The average molecular weight is 311 g/mol. The minimum Gasteiger partial charge on any atom is -0.394 e. The van der Waals surface area contributed by atoms with Gasteiger partial charge in [-0.05, 0) is 12.1 Å². The van der Waals surface area contributed by atoms with Gasteiger partial charge in [0.25, 0.3) is 0 Å². The molecule has 1 saturated heterocycles. The van der Waals surface area contributed by atoms with Crippen molar-refractivity contribution in [2.75, 3.05) is 13.2 Å². The maximum Gasteiger partial charge on any atom is 0.200 e. The summed E-state index contributed by atoms with van der Waals surface area (Å²) in [7, 11) is 0. The molecule has 0 amide bonds. The maximum atomic E-state index is 14.1. The van der Waals surface area contributed by atoms with Gasteiger partial charge >= 0.3 is 0 Å². The first-order valence-corrected chi connectivity index (χ1v) is 6.83. The summed E-state index contributed by atoms with van der Waals surface area (Å²) in [5.41, 5.74) is 0.102. The number of aliphatic hydroxyl groups is 1. The highest BCUT2D eigenvalue weighted by molar-refractivity contribution is 5.24. The van der Waals surface area contributed by atoms with Crippen LogP contribution in [0.2, 0.25) is 0 Å². The van der Waals surface area contributed by atoms with Crippen molar-refractivity contribution in [2.45, 2.75) is 24.9 Å². The van der Waals surface area contributed by atoms with E-state index in [-0.39, 0.29) is 25.2 Å². The van der Waals surface area contributed by atoms with E-state index in [0.29, 0.717) is 6.54 Å². The van der Waals surface area contributed by atoms with Crippen molar-refractivity contribution >= 4 is 0 Å². The van der Waals surface area contributed by atoms with Crippen molar-refractivity contribution in [2.24, 2.45) is 0 Å². The molecule has 1 fully saturated rings. The molecule has 0 spiro atoms. The Morgan fingerprint density at radius 2 is 2.27 bits per heavy atom. The predicted molar refractivity (Wildman–Crippen MR) is 70.6 cm³/mol. The van der Waals surface area contributed by atoms with E-state index < -0.39 is 23.5 Å². The molecule has 118 valence electrons. The first-order chi connectivity index (χ1) is 10.6. The molecule has 3 rings (SSSR count). The number of rotatable bonds is 5. The lowest BCUT2D eigenvalue weighted by molar-refractivity contribution is -0.188. The lowest BCUT2D eigenvalue weighted by Gasteiger charge is -2.28. The molecule has 2 atom stereocenters. The number of aryl methyl sites for hydroxylation is 1. The summed E-state index contributed by atoms with van der Waals surface area (Å²) in [5, 5.41) is 13.2. The van der Waals surface area contributed by atoms with E-state index in [0.717, 1.165) is 12.1 Å². The number of aliphatic hydroxyl groups excluding tert-OH is 1. The van der Waals surface area contributed by atoms with Crippen LogP contribution in [0.4, 0.5) is 8.78 Å². The molecule has 0 aliphatic carbocycles. The Labute approximate surface area is 125 Å². The molecule has 0 radical (unpaired) electrons. The molecule has 6 nitrogen and oxygen atoms in total. The predicted octanol–water partition coefficient (Wildman–Crippen LogP) is 1.21. The van der Waals surface area contributed by atoms with Gasteiger partial charge in [0, 0.05) is 24.6 Å². The van der Waals surface area contributed by atoms with Crippen LogP contribution < -0.4 is 0 Å². The van der Waals surface area contributed by atoms with E-state index in [1.807, 2.05) is 0 Å². The Bertz CT molecular complexity index is 638. The lowest BCUT2D eigenvalue weighted by atomic mass is 10.0. The van der Waals surface area contributed by atoms with Gasteiger partial charge in [-0.1, -0.05) is 0 Å². The Balaban J connectivity index is 1.89. The summed E-state index contributed by atoms with van der Waals surface area (Å²) in [6, 6.07) is 3.23. The smallest absolute Gasteiger partial charge is 0.200 e. The molecule has 1 aromatic carbocycles. The molecular weight excluding hydrogens is 296 g/mol. The third-order valence-electron chi connectivity index (χ3n) is 3.54. The number of halogens is 2. The zero-order valence-corrected chi connectivity index (χ0v) is 11.7. The number of benzene rings is 1. The molecule has 0 bridgehead atoms. The number of hydrogen-bond donors (Lipinski definition) is 1. The minimum absolute atomic E-state index is 0.102. The first-order valence-electron chi connectivity index (χ1n) is 6.83. The Kier molecular flexibility index (Phi) is 4.14. The molecule has 0 unspecified atom stereocenters. The summed E-state index contributed by atoms with van der Waals surface area (Å²) in [6.07, 6.45) is 2.60. The zero-order valence-electron chi connectivity index (χ0n) is 11.7. The van der Waals surface area contributed by atoms with E-state index in [1.54, 1.807) is 4.68 Å². The molecule has 2 aromatic rings. The number of aromatic nitrogens is 3. The molecule has 1 aliphatic rings. The van der Waals surface area contributed by atoms with Crippen molar-refractivity contribution in [1.29, 1.82) is 0 Å². The SMILES string of the molecule is OC[C@H]1CO[C@@](CCn2cncn2)(c2ccc(F)cc2F)O1. The summed E-state index contributed by atoms with van der Waals surface area (Å²) < 4.78 is 40.2. The van der Waals surface area contributed by atoms with Crippen LogP contribution in [0.1, 0.15) is 12.0 Å². The number of ether oxygens (including phenoxy) is 2. The second-order valence-corrected chi connectivity index (χ2v) is 5.02. The maximum absolute atomic E-state index is 14.1. The lowest BCUT2D eigenvalue weighted by Crippen LogP contribution is -2.31. The van der Waals surface area contributed by atoms with Gasteiger partial charge in [0.1, 0.15) is 30.4 Å². The number of nitrogens with zero attached hydrogens (tertiary/aromatic N) is 3. The standard InChI is InChI=1S/C14H15F2N3O3/c15-10-1-2-12(13(16)5-10)14(21-7-11(6-20)22-14)3-4-19-9-17-8-18-19/h1-2,5,8-9,11,20H,3-4,6-7H2/t11-,14+/m0/s1. The van der Waals surface area contributed by atoms with Crippen LogP contribution in [0.5, 0.6) is 0 Å². The van der Waals surface area contributed by atoms with Gasteiger partial charge in [0.05, 0.1) is 13.2 Å². The Morgan fingerprint density at radius 1 is 1.41 bits per heavy atom. The zero-order chi connectivity index (χ0) is 15.6. The van der Waals surface area contributed by atoms with Crippen LogP contribution in [-0.2, 0) is 21.8 Å². The second kappa shape index (κ2) is 6.07. The van der Waals surface area contributed by atoms with Crippen LogP contribution in [0.3, 0.4) is 0 Å². The van der Waals surface area contributed by atoms with Gasteiger partial charge in [-0.3, -0.25) is 4.68 Å². The fraction of sp³-hybridized carbons (Fsp3) is 0.429. The first kappa shape index (κ1) is 15.0. The monoisotopic (exact) mass is 311 g/mol. The minimum atomic E-state index is -1.38. The fourth-order valence-electron chi connectivity index (χ4n) is 2.47. The molecule has 1 aromatic heterocycles. The van der Waals surface area contributed by atoms with Crippen LogP contribution in [0, 0.1) is 11.6 Å². The molecule has 2 heterocycles. The van der Waals surface area contributed by atoms with E-state index in [2.05, 4.69) is 10.1 Å². The van der Waals surface area contributed by atoms with Crippen LogP contribution in [0.25, 0.3) is 0 Å². The largest absolute Gasteiger partial charge is 0.394 e. The van der Waals surface area contributed by atoms with Gasteiger partial charge < -0.3 is 14.6 Å². The second-order valence-electron chi connectivity index (χ2n) is 5.02. The topological polar surface area (TPSA) is 69.4 Å². The van der Waals surface area contributed by atoms with Gasteiger partial charge in [-0.15, -0.1) is 0 Å².